The molecule has 2 nitrogen and oxygen atoms in total. The summed E-state index contributed by atoms with van der Waals surface area (Å²) in [5.41, 5.74) is 0.596. The molecule has 1 rings (SSSR count). The normalized spacial score (nSPS) is 14.6. The van der Waals surface area contributed by atoms with E-state index in [0.29, 0.717) is 5.56 Å². The van der Waals surface area contributed by atoms with Crippen molar-refractivity contribution in [3.8, 4) is 0 Å². The Morgan fingerprint density at radius 1 is 1.18 bits per heavy atom. The van der Waals surface area contributed by atoms with E-state index in [0.717, 1.165) is 18.9 Å². The highest BCUT2D eigenvalue weighted by molar-refractivity contribution is 5.20. The van der Waals surface area contributed by atoms with E-state index in [1.165, 1.54) is 12.1 Å². The molecule has 1 aromatic rings. The summed E-state index contributed by atoms with van der Waals surface area (Å²) in [5.74, 6) is -1.12. The van der Waals surface area contributed by atoms with Gasteiger partial charge in [-0.25, -0.2) is 8.78 Å². The zero-order valence-electron chi connectivity index (χ0n) is 10.2. The highest BCUT2D eigenvalue weighted by Crippen LogP contribution is 2.17. The van der Waals surface area contributed by atoms with Crippen molar-refractivity contribution in [2.24, 2.45) is 0 Å². The summed E-state index contributed by atoms with van der Waals surface area (Å²) in [7, 11) is 0. The minimum absolute atomic E-state index is 0.117. The van der Waals surface area contributed by atoms with Gasteiger partial charge in [0.1, 0.15) is 11.6 Å². The highest BCUT2D eigenvalue weighted by atomic mass is 19.1. The second-order valence-electron chi connectivity index (χ2n) is 4.36. The monoisotopic (exact) mass is 243 g/mol. The first-order valence-corrected chi connectivity index (χ1v) is 5.86. The lowest BCUT2D eigenvalue weighted by Gasteiger charge is -2.20. The highest BCUT2D eigenvalue weighted by Gasteiger charge is 2.11. The maximum absolute atomic E-state index is 13.0. The molecule has 0 bridgehead atoms. The SMILES string of the molecule is CC(CCCO)NC(C)c1cc(F)cc(F)c1. The van der Waals surface area contributed by atoms with Gasteiger partial charge in [0.2, 0.25) is 0 Å². The van der Waals surface area contributed by atoms with E-state index >= 15 is 0 Å². The first kappa shape index (κ1) is 14.1. The van der Waals surface area contributed by atoms with Crippen LogP contribution in [0.25, 0.3) is 0 Å². The van der Waals surface area contributed by atoms with Gasteiger partial charge in [-0.3, -0.25) is 0 Å². The van der Waals surface area contributed by atoms with Crippen molar-refractivity contribution in [1.82, 2.24) is 5.32 Å². The van der Waals surface area contributed by atoms with Gasteiger partial charge in [-0.05, 0) is 44.4 Å². The van der Waals surface area contributed by atoms with Crippen LogP contribution in [0.5, 0.6) is 0 Å². The van der Waals surface area contributed by atoms with Crippen LogP contribution in [0.3, 0.4) is 0 Å². The molecule has 0 aromatic heterocycles. The number of aliphatic hydroxyl groups excluding tert-OH is 1. The summed E-state index contributed by atoms with van der Waals surface area (Å²) in [4.78, 5) is 0. The molecule has 2 N–H and O–H groups in total. The summed E-state index contributed by atoms with van der Waals surface area (Å²) < 4.78 is 26.1. The van der Waals surface area contributed by atoms with E-state index in [-0.39, 0.29) is 18.7 Å². The van der Waals surface area contributed by atoms with Gasteiger partial charge >= 0.3 is 0 Å². The van der Waals surface area contributed by atoms with Crippen molar-refractivity contribution in [3.05, 3.63) is 35.4 Å². The quantitative estimate of drug-likeness (QED) is 0.805. The fraction of sp³-hybridized carbons (Fsp3) is 0.538. The van der Waals surface area contributed by atoms with Crippen LogP contribution >= 0.6 is 0 Å². The molecule has 4 heteroatoms. The van der Waals surface area contributed by atoms with Gasteiger partial charge in [-0.15, -0.1) is 0 Å². The van der Waals surface area contributed by atoms with Crippen LogP contribution in [0, 0.1) is 11.6 Å². The van der Waals surface area contributed by atoms with Crippen LogP contribution in [0.1, 0.15) is 38.3 Å². The summed E-state index contributed by atoms with van der Waals surface area (Å²) >= 11 is 0. The summed E-state index contributed by atoms with van der Waals surface area (Å²) in [6, 6.07) is 3.61. The predicted molar refractivity (Wildman–Crippen MR) is 63.7 cm³/mol. The summed E-state index contributed by atoms with van der Waals surface area (Å²) in [5, 5.41) is 12.0. The molecule has 0 heterocycles. The van der Waals surface area contributed by atoms with Crippen molar-refractivity contribution < 1.29 is 13.9 Å². The maximum atomic E-state index is 13.0. The van der Waals surface area contributed by atoms with Gasteiger partial charge in [0.15, 0.2) is 0 Å². The Balaban J connectivity index is 2.59. The third kappa shape index (κ3) is 4.79. The smallest absolute Gasteiger partial charge is 0.126 e. The number of hydrogen-bond acceptors (Lipinski definition) is 2. The molecule has 0 aliphatic heterocycles. The fourth-order valence-electron chi connectivity index (χ4n) is 1.83. The van der Waals surface area contributed by atoms with Gasteiger partial charge in [0, 0.05) is 24.8 Å². The third-order valence-electron chi connectivity index (χ3n) is 2.71. The molecule has 2 unspecified atom stereocenters. The van der Waals surface area contributed by atoms with Crippen LogP contribution < -0.4 is 5.32 Å². The molecule has 0 aliphatic carbocycles. The second-order valence-corrected chi connectivity index (χ2v) is 4.36. The van der Waals surface area contributed by atoms with Crippen LogP contribution in [-0.4, -0.2) is 17.8 Å². The van der Waals surface area contributed by atoms with Crippen molar-refractivity contribution in [2.45, 2.75) is 38.8 Å². The topological polar surface area (TPSA) is 32.3 Å². The van der Waals surface area contributed by atoms with Gasteiger partial charge in [0.25, 0.3) is 0 Å². The number of rotatable bonds is 6. The average molecular weight is 243 g/mol. The molecule has 2 atom stereocenters. The third-order valence-corrected chi connectivity index (χ3v) is 2.71. The van der Waals surface area contributed by atoms with Gasteiger partial charge in [-0.1, -0.05) is 0 Å². The van der Waals surface area contributed by atoms with Gasteiger partial charge in [-0.2, -0.15) is 0 Å². The van der Waals surface area contributed by atoms with Gasteiger partial charge in [0.05, 0.1) is 0 Å². The largest absolute Gasteiger partial charge is 0.396 e. The first-order chi connectivity index (χ1) is 8.02. The van der Waals surface area contributed by atoms with E-state index in [2.05, 4.69) is 5.32 Å². The molecule has 1 aromatic carbocycles. The lowest BCUT2D eigenvalue weighted by Crippen LogP contribution is -2.29. The Labute approximate surface area is 101 Å². The van der Waals surface area contributed by atoms with Crippen LogP contribution in [-0.2, 0) is 0 Å². The average Bonchev–Trinajstić information content (AvgIpc) is 2.25. The van der Waals surface area contributed by atoms with Crippen molar-refractivity contribution in [2.75, 3.05) is 6.61 Å². The standard InChI is InChI=1S/C13H19F2NO/c1-9(4-3-5-17)16-10(2)11-6-12(14)8-13(15)7-11/h6-10,16-17H,3-5H2,1-2H3. The van der Waals surface area contributed by atoms with E-state index in [1.807, 2.05) is 13.8 Å². The Morgan fingerprint density at radius 2 is 1.76 bits per heavy atom. The molecule has 0 saturated carbocycles. The van der Waals surface area contributed by atoms with Crippen molar-refractivity contribution in [3.63, 3.8) is 0 Å². The van der Waals surface area contributed by atoms with E-state index < -0.39 is 11.6 Å². The van der Waals surface area contributed by atoms with Gasteiger partial charge < -0.3 is 10.4 Å². The van der Waals surface area contributed by atoms with Crippen molar-refractivity contribution >= 4 is 0 Å². The zero-order valence-corrected chi connectivity index (χ0v) is 10.2. The number of hydrogen-bond donors (Lipinski definition) is 2. The Kier molecular flexibility index (Phi) is 5.51. The second kappa shape index (κ2) is 6.67. The molecule has 0 aliphatic rings. The maximum Gasteiger partial charge on any atom is 0.126 e. The van der Waals surface area contributed by atoms with E-state index in [1.54, 1.807) is 0 Å². The van der Waals surface area contributed by atoms with Crippen LogP contribution in [0.2, 0.25) is 0 Å². The Hall–Kier alpha value is -1.00. The summed E-state index contributed by atoms with van der Waals surface area (Å²) in [6.07, 6.45) is 1.55. The predicted octanol–water partition coefficient (Wildman–Crippen LogP) is 2.78. The lowest BCUT2D eigenvalue weighted by molar-refractivity contribution is 0.274. The molecule has 0 saturated heterocycles. The number of aliphatic hydroxyl groups is 1. The summed E-state index contributed by atoms with van der Waals surface area (Å²) in [6.45, 7) is 4.01. The minimum Gasteiger partial charge on any atom is -0.396 e. The molecule has 0 spiro atoms. The Bertz CT molecular complexity index is 337. The fourth-order valence-corrected chi connectivity index (χ4v) is 1.83. The lowest BCUT2D eigenvalue weighted by atomic mass is 10.1. The first-order valence-electron chi connectivity index (χ1n) is 5.86. The minimum atomic E-state index is -0.559. The molecule has 0 amide bonds. The zero-order chi connectivity index (χ0) is 12.8. The molecule has 0 fully saturated rings. The molecule has 17 heavy (non-hydrogen) atoms. The van der Waals surface area contributed by atoms with E-state index in [9.17, 15) is 8.78 Å². The number of benzene rings is 1. The van der Waals surface area contributed by atoms with Crippen LogP contribution in [0.4, 0.5) is 8.78 Å². The van der Waals surface area contributed by atoms with E-state index in [4.69, 9.17) is 5.11 Å². The number of nitrogens with one attached hydrogen (secondary N) is 1. The molecular formula is C13H19F2NO. The Morgan fingerprint density at radius 3 is 2.29 bits per heavy atom. The van der Waals surface area contributed by atoms with Crippen molar-refractivity contribution in [1.29, 1.82) is 0 Å². The number of halogens is 2. The van der Waals surface area contributed by atoms with Crippen LogP contribution in [0.15, 0.2) is 18.2 Å². The molecule has 96 valence electrons. The molecule has 0 radical (unpaired) electrons. The molecular weight excluding hydrogens is 224 g/mol.